The van der Waals surface area contributed by atoms with Crippen LogP contribution in [0, 0.1) is 0 Å². The van der Waals surface area contributed by atoms with Gasteiger partial charge in [-0.25, -0.2) is 4.98 Å². The highest BCUT2D eigenvalue weighted by Gasteiger charge is 2.45. The molecule has 1 aliphatic carbocycles. The Morgan fingerprint density at radius 1 is 1.03 bits per heavy atom. The summed E-state index contributed by atoms with van der Waals surface area (Å²) in [6.45, 7) is 6.95. The van der Waals surface area contributed by atoms with Crippen LogP contribution in [0.5, 0.6) is 0 Å². The minimum Gasteiger partial charge on any atom is -0.353 e. The van der Waals surface area contributed by atoms with Gasteiger partial charge in [-0.15, -0.1) is 0 Å². The van der Waals surface area contributed by atoms with Crippen molar-refractivity contribution in [2.75, 3.05) is 31.1 Å². The summed E-state index contributed by atoms with van der Waals surface area (Å²) < 4.78 is 5.31. The topological polar surface area (TPSA) is 75.4 Å². The van der Waals surface area contributed by atoms with Crippen molar-refractivity contribution in [2.45, 2.75) is 50.9 Å². The summed E-state index contributed by atoms with van der Waals surface area (Å²) in [6, 6.07) is 11.8. The second-order valence-corrected chi connectivity index (χ2v) is 10.0. The van der Waals surface area contributed by atoms with Crippen molar-refractivity contribution in [3.63, 3.8) is 0 Å². The lowest BCUT2D eigenvalue weighted by molar-refractivity contribution is -0.137. The molecule has 1 aliphatic heterocycles. The molecule has 1 amide bonds. The van der Waals surface area contributed by atoms with Gasteiger partial charge < -0.3 is 14.3 Å². The Hall–Kier alpha value is -2.93. The van der Waals surface area contributed by atoms with Crippen LogP contribution in [0.1, 0.15) is 56.9 Å². The van der Waals surface area contributed by atoms with E-state index in [4.69, 9.17) is 16.1 Å². The van der Waals surface area contributed by atoms with Gasteiger partial charge >= 0.3 is 0 Å². The molecule has 178 valence electrons. The van der Waals surface area contributed by atoms with E-state index in [-0.39, 0.29) is 11.8 Å². The molecule has 0 atom stereocenters. The number of hydrogen-bond acceptors (Lipinski definition) is 6. The highest BCUT2D eigenvalue weighted by atomic mass is 35.5. The zero-order chi connectivity index (χ0) is 23.7. The van der Waals surface area contributed by atoms with E-state index in [1.165, 1.54) is 0 Å². The summed E-state index contributed by atoms with van der Waals surface area (Å²) in [6.07, 6.45) is 5.78. The summed E-state index contributed by atoms with van der Waals surface area (Å²) in [4.78, 5) is 27.1. The molecular weight excluding hydrogens is 450 g/mol. The second kappa shape index (κ2) is 9.37. The van der Waals surface area contributed by atoms with Crippen LogP contribution < -0.4 is 4.90 Å². The van der Waals surface area contributed by atoms with Gasteiger partial charge in [0.25, 0.3) is 0 Å². The third-order valence-electron chi connectivity index (χ3n) is 7.10. The first kappa shape index (κ1) is 22.8. The molecule has 0 radical (unpaired) electrons. The maximum Gasteiger partial charge on any atom is 0.233 e. The van der Waals surface area contributed by atoms with Gasteiger partial charge in [0, 0.05) is 48.9 Å². The molecule has 2 aromatic heterocycles. The van der Waals surface area contributed by atoms with Gasteiger partial charge in [0.05, 0.1) is 5.41 Å². The monoisotopic (exact) mass is 479 g/mol. The molecule has 1 saturated carbocycles. The largest absolute Gasteiger partial charge is 0.353 e. The molecule has 0 spiro atoms. The number of anilines is 1. The molecule has 8 heteroatoms. The summed E-state index contributed by atoms with van der Waals surface area (Å²) in [5.41, 5.74) is 1.52. The summed E-state index contributed by atoms with van der Waals surface area (Å²) in [5, 5.41) is 4.77. The molecule has 0 bridgehead atoms. The summed E-state index contributed by atoms with van der Waals surface area (Å²) in [7, 11) is 0. The Morgan fingerprint density at radius 3 is 2.32 bits per heavy atom. The summed E-state index contributed by atoms with van der Waals surface area (Å²) in [5.74, 6) is 2.53. The Morgan fingerprint density at radius 2 is 1.74 bits per heavy atom. The molecule has 1 saturated heterocycles. The number of amides is 1. The van der Waals surface area contributed by atoms with Crippen LogP contribution >= 0.6 is 11.6 Å². The molecule has 7 nitrogen and oxygen atoms in total. The molecular formula is C26H30ClN5O2. The van der Waals surface area contributed by atoms with Gasteiger partial charge in [-0.1, -0.05) is 55.6 Å². The predicted molar refractivity (Wildman–Crippen MR) is 132 cm³/mol. The number of piperazine rings is 1. The molecule has 3 heterocycles. The number of hydrogen-bond donors (Lipinski definition) is 0. The van der Waals surface area contributed by atoms with E-state index in [9.17, 15) is 4.79 Å². The Balaban J connectivity index is 1.25. The Bertz CT molecular complexity index is 1130. The van der Waals surface area contributed by atoms with E-state index in [0.717, 1.165) is 55.7 Å². The highest BCUT2D eigenvalue weighted by Crippen LogP contribution is 2.43. The first-order chi connectivity index (χ1) is 16.5. The number of aromatic nitrogens is 3. The fourth-order valence-corrected chi connectivity index (χ4v) is 5.23. The maximum atomic E-state index is 13.7. The SMILES string of the molecule is CC(C)c1nc(-c2ccc(N3CCN(C(=O)C4(c5ccc(Cl)cc5)CCCC4)CC3)nc2)no1. The van der Waals surface area contributed by atoms with Crippen molar-refractivity contribution in [1.29, 1.82) is 0 Å². The number of benzene rings is 1. The standard InChI is InChI=1S/C26H30ClN5O2/c1-18(2)24-29-23(30-34-24)19-5-10-22(28-17-19)31-13-15-32(16-14-31)25(33)26(11-3-4-12-26)20-6-8-21(27)9-7-20/h5-10,17-18H,3-4,11-16H2,1-2H3. The average molecular weight is 480 g/mol. The molecule has 2 aliphatic rings. The van der Waals surface area contributed by atoms with Gasteiger partial charge in [-0.3, -0.25) is 4.79 Å². The van der Waals surface area contributed by atoms with Crippen molar-refractivity contribution in [3.8, 4) is 11.4 Å². The van der Waals surface area contributed by atoms with E-state index >= 15 is 0 Å². The van der Waals surface area contributed by atoms with Crippen molar-refractivity contribution in [3.05, 3.63) is 59.1 Å². The maximum absolute atomic E-state index is 13.7. The number of carbonyl (C=O) groups excluding carboxylic acids is 1. The van der Waals surface area contributed by atoms with Crippen LogP contribution in [0.15, 0.2) is 47.1 Å². The van der Waals surface area contributed by atoms with E-state index < -0.39 is 5.41 Å². The Kier molecular flexibility index (Phi) is 6.30. The van der Waals surface area contributed by atoms with Gasteiger partial charge in [0.2, 0.25) is 17.6 Å². The van der Waals surface area contributed by atoms with Crippen molar-refractivity contribution < 1.29 is 9.32 Å². The lowest BCUT2D eigenvalue weighted by Gasteiger charge is -2.40. The van der Waals surface area contributed by atoms with Gasteiger partial charge in [-0.2, -0.15) is 4.98 Å². The number of nitrogens with zero attached hydrogens (tertiary/aromatic N) is 5. The third kappa shape index (κ3) is 4.29. The van der Waals surface area contributed by atoms with Crippen molar-refractivity contribution in [1.82, 2.24) is 20.0 Å². The number of rotatable bonds is 5. The normalized spacial score (nSPS) is 18.0. The molecule has 0 unspecified atom stereocenters. The van der Waals surface area contributed by atoms with Gasteiger partial charge in [0.15, 0.2) is 0 Å². The van der Waals surface area contributed by atoms with Gasteiger partial charge in [-0.05, 0) is 42.7 Å². The molecule has 5 rings (SSSR count). The first-order valence-corrected chi connectivity index (χ1v) is 12.4. The molecule has 3 aromatic rings. The van der Waals surface area contributed by atoms with E-state index in [1.807, 2.05) is 55.1 Å². The van der Waals surface area contributed by atoms with E-state index in [0.29, 0.717) is 29.8 Å². The molecule has 2 fully saturated rings. The molecule has 34 heavy (non-hydrogen) atoms. The fraction of sp³-hybridized carbons (Fsp3) is 0.462. The predicted octanol–water partition coefficient (Wildman–Crippen LogP) is 5.07. The van der Waals surface area contributed by atoms with Gasteiger partial charge in [0.1, 0.15) is 5.82 Å². The minimum atomic E-state index is -0.411. The minimum absolute atomic E-state index is 0.190. The molecule has 1 aromatic carbocycles. The fourth-order valence-electron chi connectivity index (χ4n) is 5.11. The second-order valence-electron chi connectivity index (χ2n) is 9.59. The third-order valence-corrected chi connectivity index (χ3v) is 7.35. The summed E-state index contributed by atoms with van der Waals surface area (Å²) >= 11 is 6.11. The van der Waals surface area contributed by atoms with Crippen LogP contribution in [0.4, 0.5) is 5.82 Å². The Labute approximate surface area is 205 Å². The number of halogens is 1. The van der Waals surface area contributed by atoms with Crippen LogP contribution in [-0.4, -0.2) is 52.1 Å². The quantitative estimate of drug-likeness (QED) is 0.508. The van der Waals surface area contributed by atoms with E-state index in [2.05, 4.69) is 20.0 Å². The van der Waals surface area contributed by atoms with Crippen molar-refractivity contribution in [2.24, 2.45) is 0 Å². The first-order valence-electron chi connectivity index (χ1n) is 12.1. The van der Waals surface area contributed by atoms with Crippen molar-refractivity contribution >= 4 is 23.3 Å². The molecule has 0 N–H and O–H groups in total. The van der Waals surface area contributed by atoms with Crippen LogP contribution in [-0.2, 0) is 10.2 Å². The zero-order valence-corrected chi connectivity index (χ0v) is 20.5. The van der Waals surface area contributed by atoms with Crippen LogP contribution in [0.2, 0.25) is 5.02 Å². The number of pyridine rings is 1. The van der Waals surface area contributed by atoms with Crippen LogP contribution in [0.3, 0.4) is 0 Å². The lowest BCUT2D eigenvalue weighted by atomic mass is 9.77. The van der Waals surface area contributed by atoms with Crippen LogP contribution in [0.25, 0.3) is 11.4 Å². The smallest absolute Gasteiger partial charge is 0.233 e. The number of carbonyl (C=O) groups is 1. The lowest BCUT2D eigenvalue weighted by Crippen LogP contribution is -2.54. The average Bonchev–Trinajstić information content (AvgIpc) is 3.56. The van der Waals surface area contributed by atoms with E-state index in [1.54, 1.807) is 6.20 Å². The zero-order valence-electron chi connectivity index (χ0n) is 19.7. The highest BCUT2D eigenvalue weighted by molar-refractivity contribution is 6.30.